The standard InChI is InChI=1S/C18H19N7O/c1-13-7-8-17(22-21-13)24-11-14(12-24)9-19-18(26)16-10-20-25(23-16)15-5-3-2-4-6-15/h2-8,10,14H,9,11-12H2,1H3,(H,19,26). The van der Waals surface area contributed by atoms with Crippen molar-refractivity contribution in [1.29, 1.82) is 0 Å². The zero-order valence-electron chi connectivity index (χ0n) is 14.4. The van der Waals surface area contributed by atoms with Crippen LogP contribution in [0.2, 0.25) is 0 Å². The highest BCUT2D eigenvalue weighted by Gasteiger charge is 2.28. The number of carbonyl (C=O) groups excluding carboxylic acids is 1. The lowest BCUT2D eigenvalue weighted by molar-refractivity contribution is 0.0939. The van der Waals surface area contributed by atoms with Crippen LogP contribution in [0, 0.1) is 12.8 Å². The van der Waals surface area contributed by atoms with E-state index in [1.165, 1.54) is 11.0 Å². The fourth-order valence-corrected chi connectivity index (χ4v) is 2.83. The summed E-state index contributed by atoms with van der Waals surface area (Å²) in [5.41, 5.74) is 2.04. The third-order valence-corrected chi connectivity index (χ3v) is 4.33. The molecule has 26 heavy (non-hydrogen) atoms. The molecule has 0 atom stereocenters. The minimum atomic E-state index is -0.208. The summed E-state index contributed by atoms with van der Waals surface area (Å²) in [6, 6.07) is 13.4. The van der Waals surface area contributed by atoms with Crippen LogP contribution in [0.25, 0.3) is 5.69 Å². The molecule has 0 aliphatic carbocycles. The minimum absolute atomic E-state index is 0.208. The van der Waals surface area contributed by atoms with Crippen molar-refractivity contribution in [3.63, 3.8) is 0 Å². The van der Waals surface area contributed by atoms with Crippen LogP contribution in [0.1, 0.15) is 16.2 Å². The number of benzene rings is 1. The van der Waals surface area contributed by atoms with E-state index < -0.39 is 0 Å². The first-order valence-electron chi connectivity index (χ1n) is 8.50. The van der Waals surface area contributed by atoms with E-state index in [2.05, 4.69) is 30.6 Å². The van der Waals surface area contributed by atoms with Crippen LogP contribution >= 0.6 is 0 Å². The normalized spacial score (nSPS) is 14.1. The number of hydrogen-bond acceptors (Lipinski definition) is 6. The van der Waals surface area contributed by atoms with E-state index in [4.69, 9.17) is 0 Å². The zero-order valence-corrected chi connectivity index (χ0v) is 14.4. The molecule has 1 fully saturated rings. The fourth-order valence-electron chi connectivity index (χ4n) is 2.83. The molecule has 1 aliphatic rings. The first-order valence-corrected chi connectivity index (χ1v) is 8.50. The van der Waals surface area contributed by atoms with Crippen molar-refractivity contribution in [2.24, 2.45) is 5.92 Å². The van der Waals surface area contributed by atoms with Crippen molar-refractivity contribution < 1.29 is 4.79 Å². The topological polar surface area (TPSA) is 88.8 Å². The van der Waals surface area contributed by atoms with Crippen LogP contribution in [0.3, 0.4) is 0 Å². The van der Waals surface area contributed by atoms with Crippen LogP contribution in [-0.2, 0) is 0 Å². The Bertz CT molecular complexity index is 885. The lowest BCUT2D eigenvalue weighted by Crippen LogP contribution is -2.52. The van der Waals surface area contributed by atoms with Crippen LogP contribution in [0.5, 0.6) is 0 Å². The van der Waals surface area contributed by atoms with Crippen molar-refractivity contribution in [1.82, 2.24) is 30.5 Å². The second kappa shape index (κ2) is 6.91. The molecule has 0 radical (unpaired) electrons. The quantitative estimate of drug-likeness (QED) is 0.745. The molecule has 8 heteroatoms. The third kappa shape index (κ3) is 3.39. The molecule has 1 saturated heterocycles. The molecule has 0 saturated carbocycles. The first-order chi connectivity index (χ1) is 12.7. The van der Waals surface area contributed by atoms with Crippen LogP contribution in [-0.4, -0.2) is 50.7 Å². The maximum atomic E-state index is 12.3. The van der Waals surface area contributed by atoms with Gasteiger partial charge >= 0.3 is 0 Å². The molecule has 8 nitrogen and oxygen atoms in total. The molecule has 1 N–H and O–H groups in total. The van der Waals surface area contributed by atoms with Gasteiger partial charge in [0, 0.05) is 25.6 Å². The number of amides is 1. The number of hydrogen-bond donors (Lipinski definition) is 1. The van der Waals surface area contributed by atoms with Gasteiger partial charge in [0.2, 0.25) is 0 Å². The summed E-state index contributed by atoms with van der Waals surface area (Å²) in [6.45, 7) is 4.23. The van der Waals surface area contributed by atoms with Gasteiger partial charge in [-0.2, -0.15) is 15.0 Å². The first kappa shape index (κ1) is 16.2. The highest BCUT2D eigenvalue weighted by Crippen LogP contribution is 2.21. The number of anilines is 1. The van der Waals surface area contributed by atoms with Crippen LogP contribution in [0.15, 0.2) is 48.7 Å². The molecule has 0 spiro atoms. The number of aryl methyl sites for hydroxylation is 1. The van der Waals surface area contributed by atoms with Crippen molar-refractivity contribution in [2.75, 3.05) is 24.5 Å². The molecule has 1 amide bonds. The summed E-state index contributed by atoms with van der Waals surface area (Å²) in [6.07, 6.45) is 1.48. The van der Waals surface area contributed by atoms with Crippen molar-refractivity contribution in [3.05, 3.63) is 60.0 Å². The molecule has 3 aromatic rings. The van der Waals surface area contributed by atoms with E-state index in [1.54, 1.807) is 0 Å². The largest absolute Gasteiger partial charge is 0.354 e. The number of nitrogens with one attached hydrogen (secondary N) is 1. The number of nitrogens with zero attached hydrogens (tertiary/aromatic N) is 6. The molecule has 0 bridgehead atoms. The maximum Gasteiger partial charge on any atom is 0.273 e. The fraction of sp³-hybridized carbons (Fsp3) is 0.278. The summed E-state index contributed by atoms with van der Waals surface area (Å²) in [5.74, 6) is 1.07. The molecular formula is C18H19N7O. The van der Waals surface area contributed by atoms with Crippen LogP contribution < -0.4 is 10.2 Å². The summed E-state index contributed by atoms with van der Waals surface area (Å²) in [7, 11) is 0. The average Bonchev–Trinajstić information content (AvgIpc) is 3.13. The van der Waals surface area contributed by atoms with Gasteiger partial charge in [-0.3, -0.25) is 4.79 Å². The molecular weight excluding hydrogens is 330 g/mol. The van der Waals surface area contributed by atoms with E-state index in [1.807, 2.05) is 49.4 Å². The van der Waals surface area contributed by atoms with Crippen molar-refractivity contribution in [3.8, 4) is 5.69 Å². The monoisotopic (exact) mass is 349 g/mol. The van der Waals surface area contributed by atoms with E-state index in [-0.39, 0.29) is 5.91 Å². The molecule has 3 heterocycles. The van der Waals surface area contributed by atoms with Crippen LogP contribution in [0.4, 0.5) is 5.82 Å². The van der Waals surface area contributed by atoms with Gasteiger partial charge in [-0.15, -0.1) is 10.2 Å². The highest BCUT2D eigenvalue weighted by atomic mass is 16.2. The molecule has 1 aliphatic heterocycles. The Morgan fingerprint density at radius 3 is 2.69 bits per heavy atom. The second-order valence-corrected chi connectivity index (χ2v) is 6.37. The van der Waals surface area contributed by atoms with Gasteiger partial charge < -0.3 is 10.2 Å². The van der Waals surface area contributed by atoms with E-state index in [9.17, 15) is 4.79 Å². The highest BCUT2D eigenvalue weighted by molar-refractivity contribution is 5.91. The average molecular weight is 349 g/mol. The Morgan fingerprint density at radius 1 is 1.15 bits per heavy atom. The Kier molecular flexibility index (Phi) is 4.30. The Balaban J connectivity index is 1.28. The molecule has 132 valence electrons. The molecule has 2 aromatic heterocycles. The summed E-state index contributed by atoms with van der Waals surface area (Å²) >= 11 is 0. The number of para-hydroxylation sites is 1. The molecule has 1 aromatic carbocycles. The molecule has 0 unspecified atom stereocenters. The summed E-state index contributed by atoms with van der Waals surface area (Å²) < 4.78 is 0. The van der Waals surface area contributed by atoms with Crippen molar-refractivity contribution >= 4 is 11.7 Å². The van der Waals surface area contributed by atoms with E-state index in [0.29, 0.717) is 18.2 Å². The third-order valence-electron chi connectivity index (χ3n) is 4.33. The van der Waals surface area contributed by atoms with E-state index in [0.717, 1.165) is 30.3 Å². The van der Waals surface area contributed by atoms with Crippen molar-refractivity contribution in [2.45, 2.75) is 6.92 Å². The number of aromatic nitrogens is 5. The van der Waals surface area contributed by atoms with Gasteiger partial charge in [0.1, 0.15) is 0 Å². The smallest absolute Gasteiger partial charge is 0.273 e. The maximum absolute atomic E-state index is 12.3. The Hall–Kier alpha value is -3.29. The zero-order chi connectivity index (χ0) is 17.9. The number of carbonyl (C=O) groups is 1. The number of rotatable bonds is 5. The summed E-state index contributed by atoms with van der Waals surface area (Å²) in [5, 5.41) is 19.6. The van der Waals surface area contributed by atoms with Gasteiger partial charge in [-0.1, -0.05) is 18.2 Å². The molecule has 4 rings (SSSR count). The Labute approximate surface area is 150 Å². The van der Waals surface area contributed by atoms with Gasteiger partial charge in [0.05, 0.1) is 17.6 Å². The predicted octanol–water partition coefficient (Wildman–Crippen LogP) is 1.23. The van der Waals surface area contributed by atoms with Gasteiger partial charge in [-0.05, 0) is 31.2 Å². The Morgan fingerprint density at radius 2 is 1.96 bits per heavy atom. The van der Waals surface area contributed by atoms with Gasteiger partial charge in [0.25, 0.3) is 5.91 Å². The summed E-state index contributed by atoms with van der Waals surface area (Å²) in [4.78, 5) is 15.9. The minimum Gasteiger partial charge on any atom is -0.354 e. The SMILES string of the molecule is Cc1ccc(N2CC(CNC(=O)c3cnn(-c4ccccc4)n3)C2)nn1. The van der Waals surface area contributed by atoms with E-state index >= 15 is 0 Å². The van der Waals surface area contributed by atoms with Gasteiger partial charge in [0.15, 0.2) is 11.5 Å². The predicted molar refractivity (Wildman–Crippen MR) is 96.2 cm³/mol. The van der Waals surface area contributed by atoms with Gasteiger partial charge in [-0.25, -0.2) is 0 Å². The lowest BCUT2D eigenvalue weighted by atomic mass is 10.0. The lowest BCUT2D eigenvalue weighted by Gasteiger charge is -2.39. The second-order valence-electron chi connectivity index (χ2n) is 6.37.